The molecule has 0 radical (unpaired) electrons. The lowest BCUT2D eigenvalue weighted by atomic mass is 10.1. The first-order valence-corrected chi connectivity index (χ1v) is 4.79. The highest BCUT2D eigenvalue weighted by Crippen LogP contribution is 2.31. The lowest BCUT2D eigenvalue weighted by molar-refractivity contribution is -0.141. The Kier molecular flexibility index (Phi) is 3.15. The zero-order valence-electron chi connectivity index (χ0n) is 6.25. The number of hydrogen-bond donors (Lipinski definition) is 3. The van der Waals surface area contributed by atoms with Gasteiger partial charge in [0.05, 0.1) is 4.34 Å². The van der Waals surface area contributed by atoms with Gasteiger partial charge in [-0.1, -0.05) is 23.2 Å². The van der Waals surface area contributed by atoms with Gasteiger partial charge in [-0.25, -0.2) is 10.2 Å². The zero-order chi connectivity index (χ0) is 10.1. The molecule has 1 aromatic heterocycles. The van der Waals surface area contributed by atoms with E-state index in [2.05, 4.69) is 0 Å². The highest BCUT2D eigenvalue weighted by Gasteiger charge is 2.37. The highest BCUT2D eigenvalue weighted by molar-refractivity contribution is 7.14. The highest BCUT2D eigenvalue weighted by atomic mass is 35.5. The first kappa shape index (κ1) is 10.7. The van der Waals surface area contributed by atoms with Crippen molar-refractivity contribution in [2.75, 3.05) is 0 Å². The molecular formula is C6H6Cl2N2O2S. The second-order valence-corrected chi connectivity index (χ2v) is 4.36. The summed E-state index contributed by atoms with van der Waals surface area (Å²) < 4.78 is 0.455. The fourth-order valence-corrected chi connectivity index (χ4v) is 1.86. The predicted molar refractivity (Wildman–Crippen MR) is 51.8 cm³/mol. The monoisotopic (exact) mass is 240 g/mol. The number of thiophene rings is 1. The largest absolute Gasteiger partial charge is 0.479 e. The molecule has 1 unspecified atom stereocenters. The van der Waals surface area contributed by atoms with Crippen LogP contribution in [-0.2, 0) is 9.79 Å². The molecule has 0 saturated heterocycles. The third kappa shape index (κ3) is 1.95. The number of aliphatic carboxylic acids is 1. The summed E-state index contributed by atoms with van der Waals surface area (Å²) in [6.45, 7) is 0. The SMILES string of the molecule is NNC(Cl)(C(=O)O)c1csc(Cl)c1. The number of halogens is 2. The number of nitrogens with two attached hydrogens (primary N) is 1. The normalized spacial score (nSPS) is 15.3. The van der Waals surface area contributed by atoms with Gasteiger partial charge in [0.15, 0.2) is 0 Å². The Morgan fingerprint density at radius 1 is 1.77 bits per heavy atom. The van der Waals surface area contributed by atoms with Crippen LogP contribution in [0.1, 0.15) is 5.56 Å². The Bertz CT molecular complexity index is 330. The van der Waals surface area contributed by atoms with Gasteiger partial charge < -0.3 is 5.11 Å². The third-order valence-electron chi connectivity index (χ3n) is 1.46. The van der Waals surface area contributed by atoms with E-state index in [1.807, 2.05) is 5.43 Å². The van der Waals surface area contributed by atoms with Crippen molar-refractivity contribution in [3.05, 3.63) is 21.3 Å². The summed E-state index contributed by atoms with van der Waals surface area (Å²) in [6.07, 6.45) is 0. The van der Waals surface area contributed by atoms with Crippen molar-refractivity contribution in [2.24, 2.45) is 5.84 Å². The van der Waals surface area contributed by atoms with Gasteiger partial charge in [0.1, 0.15) is 0 Å². The molecule has 0 spiro atoms. The molecule has 0 bridgehead atoms. The van der Waals surface area contributed by atoms with E-state index < -0.39 is 11.0 Å². The van der Waals surface area contributed by atoms with E-state index in [0.29, 0.717) is 9.90 Å². The number of carbonyl (C=O) groups is 1. The molecule has 0 aliphatic carbocycles. The number of rotatable bonds is 3. The molecule has 0 amide bonds. The van der Waals surface area contributed by atoms with Crippen LogP contribution < -0.4 is 11.3 Å². The van der Waals surface area contributed by atoms with E-state index in [1.54, 1.807) is 0 Å². The molecule has 4 N–H and O–H groups in total. The van der Waals surface area contributed by atoms with E-state index in [-0.39, 0.29) is 0 Å². The van der Waals surface area contributed by atoms with Crippen molar-refractivity contribution < 1.29 is 9.90 Å². The van der Waals surface area contributed by atoms with Gasteiger partial charge in [-0.2, -0.15) is 0 Å². The summed E-state index contributed by atoms with van der Waals surface area (Å²) in [5, 5.41) is 10.3. The van der Waals surface area contributed by atoms with Crippen LogP contribution in [-0.4, -0.2) is 11.1 Å². The van der Waals surface area contributed by atoms with Gasteiger partial charge in [-0.3, -0.25) is 5.84 Å². The molecule has 0 aliphatic rings. The predicted octanol–water partition coefficient (Wildman–Crippen LogP) is 1.34. The van der Waals surface area contributed by atoms with Crippen molar-refractivity contribution in [1.82, 2.24) is 5.43 Å². The van der Waals surface area contributed by atoms with Gasteiger partial charge in [0.25, 0.3) is 0 Å². The molecule has 0 fully saturated rings. The minimum absolute atomic E-state index is 0.319. The fraction of sp³-hybridized carbons (Fsp3) is 0.167. The molecule has 1 aromatic rings. The van der Waals surface area contributed by atoms with E-state index in [4.69, 9.17) is 34.2 Å². The van der Waals surface area contributed by atoms with Crippen molar-refractivity contribution in [2.45, 2.75) is 5.00 Å². The standard InChI is InChI=1S/C6H6Cl2N2O2S/c7-4-1-3(2-13-4)6(8,10-9)5(11)12/h1-2,10H,9H2,(H,11,12). The lowest BCUT2D eigenvalue weighted by Gasteiger charge is -2.19. The average Bonchev–Trinajstić information content (AvgIpc) is 2.50. The summed E-state index contributed by atoms with van der Waals surface area (Å²) in [5.41, 5.74) is 2.34. The first-order valence-electron chi connectivity index (χ1n) is 3.15. The number of carboxylic acid groups (broad SMARTS) is 1. The molecule has 4 nitrogen and oxygen atoms in total. The van der Waals surface area contributed by atoms with E-state index >= 15 is 0 Å². The number of alkyl halides is 1. The second kappa shape index (κ2) is 3.81. The number of hydrogen-bond acceptors (Lipinski definition) is 4. The summed E-state index contributed by atoms with van der Waals surface area (Å²) in [5.74, 6) is 3.78. The first-order chi connectivity index (χ1) is 6.00. The number of hydrazine groups is 1. The number of nitrogens with one attached hydrogen (secondary N) is 1. The van der Waals surface area contributed by atoms with Crippen LogP contribution in [0.4, 0.5) is 0 Å². The van der Waals surface area contributed by atoms with E-state index in [1.165, 1.54) is 22.8 Å². The Morgan fingerprint density at radius 3 is 2.69 bits per heavy atom. The van der Waals surface area contributed by atoms with Gasteiger partial charge in [-0.15, -0.1) is 11.3 Å². The summed E-state index contributed by atoms with van der Waals surface area (Å²) >= 11 is 12.5. The van der Waals surface area contributed by atoms with Crippen LogP contribution in [0, 0.1) is 0 Å². The van der Waals surface area contributed by atoms with Crippen molar-refractivity contribution >= 4 is 40.5 Å². The van der Waals surface area contributed by atoms with Crippen molar-refractivity contribution in [1.29, 1.82) is 0 Å². The average molecular weight is 241 g/mol. The van der Waals surface area contributed by atoms with E-state index in [9.17, 15) is 4.79 Å². The Morgan fingerprint density at radius 2 is 2.38 bits per heavy atom. The third-order valence-corrected chi connectivity index (χ3v) is 3.04. The Balaban J connectivity index is 3.09. The van der Waals surface area contributed by atoms with Gasteiger partial charge in [0.2, 0.25) is 5.00 Å². The van der Waals surface area contributed by atoms with Crippen LogP contribution in [0.15, 0.2) is 11.4 Å². The van der Waals surface area contributed by atoms with Crippen LogP contribution in [0.3, 0.4) is 0 Å². The minimum Gasteiger partial charge on any atom is -0.479 e. The fourth-order valence-electron chi connectivity index (χ4n) is 0.759. The smallest absolute Gasteiger partial charge is 0.345 e. The second-order valence-electron chi connectivity index (χ2n) is 2.25. The van der Waals surface area contributed by atoms with Crippen molar-refractivity contribution in [3.8, 4) is 0 Å². The molecule has 7 heteroatoms. The lowest BCUT2D eigenvalue weighted by Crippen LogP contribution is -2.48. The van der Waals surface area contributed by atoms with Crippen LogP contribution in [0.25, 0.3) is 0 Å². The Labute approximate surface area is 88.2 Å². The maximum Gasteiger partial charge on any atom is 0.345 e. The van der Waals surface area contributed by atoms with Crippen LogP contribution >= 0.6 is 34.5 Å². The Hall–Kier alpha value is -0.330. The molecule has 13 heavy (non-hydrogen) atoms. The van der Waals surface area contributed by atoms with Gasteiger partial charge in [-0.05, 0) is 11.4 Å². The maximum absolute atomic E-state index is 10.7. The molecular weight excluding hydrogens is 235 g/mol. The molecule has 1 heterocycles. The minimum atomic E-state index is -1.80. The maximum atomic E-state index is 10.7. The summed E-state index contributed by atoms with van der Waals surface area (Å²) in [7, 11) is 0. The van der Waals surface area contributed by atoms with Crippen LogP contribution in [0.2, 0.25) is 4.34 Å². The summed E-state index contributed by atoms with van der Waals surface area (Å²) in [4.78, 5) is 8.95. The molecule has 0 saturated carbocycles. The van der Waals surface area contributed by atoms with Gasteiger partial charge >= 0.3 is 5.97 Å². The molecule has 0 aliphatic heterocycles. The van der Waals surface area contributed by atoms with E-state index in [0.717, 1.165) is 0 Å². The molecule has 0 aromatic carbocycles. The summed E-state index contributed by atoms with van der Waals surface area (Å²) in [6, 6.07) is 1.45. The molecule has 1 rings (SSSR count). The topological polar surface area (TPSA) is 75.3 Å². The quantitative estimate of drug-likeness (QED) is 0.323. The van der Waals surface area contributed by atoms with Crippen LogP contribution in [0.5, 0.6) is 0 Å². The number of carboxylic acids is 1. The van der Waals surface area contributed by atoms with Crippen molar-refractivity contribution in [3.63, 3.8) is 0 Å². The zero-order valence-corrected chi connectivity index (χ0v) is 8.58. The molecule has 1 atom stereocenters. The van der Waals surface area contributed by atoms with Gasteiger partial charge in [0, 0.05) is 5.56 Å². The molecule has 72 valence electrons.